The zero-order valence-electron chi connectivity index (χ0n) is 16.7. The minimum absolute atomic E-state index is 0.190. The van der Waals surface area contributed by atoms with Crippen LogP contribution in [0.15, 0.2) is 77.7 Å². The van der Waals surface area contributed by atoms with Gasteiger partial charge in [0.15, 0.2) is 14.8 Å². The average molecular weight is 487 g/mol. The predicted molar refractivity (Wildman–Crippen MR) is 125 cm³/mol. The number of halogens is 2. The van der Waals surface area contributed by atoms with Gasteiger partial charge in [-0.05, 0) is 66.2 Å². The Balaban J connectivity index is 1.75. The first kappa shape index (κ1) is 22.1. The van der Waals surface area contributed by atoms with Gasteiger partial charge < -0.3 is 5.32 Å². The lowest BCUT2D eigenvalue weighted by Crippen LogP contribution is -2.11. The summed E-state index contributed by atoms with van der Waals surface area (Å²) in [4.78, 5) is 18.2. The maximum atomic E-state index is 13.4. The molecule has 9 heteroatoms. The molecule has 0 aliphatic rings. The number of anilines is 1. The van der Waals surface area contributed by atoms with Crippen LogP contribution in [0.5, 0.6) is 0 Å². The number of carbonyl (C=O) groups excluding carboxylic acids is 1. The largest absolute Gasteiger partial charge is 0.320 e. The molecule has 5 nitrogen and oxygen atoms in total. The Kier molecular flexibility index (Phi) is 6.10. The molecular weight excluding hydrogens is 471 g/mol. The highest BCUT2D eigenvalue weighted by Gasteiger charge is 2.20. The van der Waals surface area contributed by atoms with Crippen LogP contribution in [0.25, 0.3) is 21.7 Å². The van der Waals surface area contributed by atoms with Crippen LogP contribution in [-0.4, -0.2) is 25.6 Å². The molecule has 1 heterocycles. The zero-order valence-corrected chi connectivity index (χ0v) is 19.1. The second kappa shape index (κ2) is 8.82. The molecule has 0 aliphatic carbocycles. The Bertz CT molecular complexity index is 1380. The number of rotatable bonds is 5. The van der Waals surface area contributed by atoms with E-state index >= 15 is 0 Å². The van der Waals surface area contributed by atoms with Gasteiger partial charge in [-0.2, -0.15) is 0 Å². The molecule has 0 atom stereocenters. The molecule has 0 unspecified atom stereocenters. The van der Waals surface area contributed by atoms with Gasteiger partial charge in [-0.25, -0.2) is 17.8 Å². The van der Waals surface area contributed by atoms with Gasteiger partial charge in [-0.15, -0.1) is 11.3 Å². The minimum Gasteiger partial charge on any atom is -0.320 e. The number of thiazole rings is 1. The van der Waals surface area contributed by atoms with Gasteiger partial charge in [-0.3, -0.25) is 4.79 Å². The summed E-state index contributed by atoms with van der Waals surface area (Å²) in [6.07, 6.45) is 1.14. The number of hydrogen-bond donors (Lipinski definition) is 1. The monoisotopic (exact) mass is 486 g/mol. The third-order valence-electron chi connectivity index (χ3n) is 4.59. The van der Waals surface area contributed by atoms with E-state index in [2.05, 4.69) is 10.3 Å². The maximum Gasteiger partial charge on any atom is 0.284 e. The van der Waals surface area contributed by atoms with Crippen LogP contribution in [-0.2, 0) is 9.84 Å². The van der Waals surface area contributed by atoms with E-state index in [-0.39, 0.29) is 15.7 Å². The Morgan fingerprint density at radius 2 is 1.53 bits per heavy atom. The second-order valence-electron chi connectivity index (χ2n) is 6.96. The van der Waals surface area contributed by atoms with Gasteiger partial charge in [0.25, 0.3) is 5.91 Å². The Morgan fingerprint density at radius 3 is 2.12 bits per heavy atom. The molecule has 0 saturated carbocycles. The van der Waals surface area contributed by atoms with Crippen LogP contribution in [0.4, 0.5) is 10.1 Å². The van der Waals surface area contributed by atoms with Crippen LogP contribution in [0.3, 0.4) is 0 Å². The average Bonchev–Trinajstić information content (AvgIpc) is 3.21. The van der Waals surface area contributed by atoms with Crippen molar-refractivity contribution in [2.45, 2.75) is 4.90 Å². The lowest BCUT2D eigenvalue weighted by molar-refractivity contribution is 0.102. The van der Waals surface area contributed by atoms with E-state index in [1.165, 1.54) is 24.3 Å². The van der Waals surface area contributed by atoms with Gasteiger partial charge in [0.1, 0.15) is 5.82 Å². The van der Waals surface area contributed by atoms with E-state index in [0.29, 0.717) is 32.4 Å². The van der Waals surface area contributed by atoms with Crippen molar-refractivity contribution >= 4 is 44.4 Å². The predicted octanol–water partition coefficient (Wildman–Crippen LogP) is 5.93. The fraction of sp³-hybridized carbons (Fsp3) is 0.0435. The summed E-state index contributed by atoms with van der Waals surface area (Å²) >= 11 is 7.05. The number of amides is 1. The smallest absolute Gasteiger partial charge is 0.284 e. The van der Waals surface area contributed by atoms with Crippen molar-refractivity contribution in [1.82, 2.24) is 4.98 Å². The summed E-state index contributed by atoms with van der Waals surface area (Å²) in [6, 6.07) is 18.8. The zero-order chi connectivity index (χ0) is 22.9. The van der Waals surface area contributed by atoms with Gasteiger partial charge >= 0.3 is 0 Å². The second-order valence-corrected chi connectivity index (χ2v) is 10.4. The standard InChI is InChI=1S/C23H16ClFN2O3S2/c1-32(29,30)19-12-4-15(5-13-19)21-20(14-2-8-17(25)9-3-14)27-23(31-21)22(28)26-18-10-6-16(24)7-11-18/h2-13H,1H3,(H,26,28). The molecule has 162 valence electrons. The number of nitrogens with one attached hydrogen (secondary N) is 1. The Hall–Kier alpha value is -3.07. The fourth-order valence-corrected chi connectivity index (χ4v) is 4.73. The first-order chi connectivity index (χ1) is 15.2. The minimum atomic E-state index is -3.34. The van der Waals surface area contributed by atoms with E-state index in [9.17, 15) is 17.6 Å². The fourth-order valence-electron chi connectivity index (χ4n) is 2.99. The third-order valence-corrected chi connectivity index (χ3v) is 7.07. The highest BCUT2D eigenvalue weighted by molar-refractivity contribution is 7.90. The van der Waals surface area contributed by atoms with Crippen molar-refractivity contribution in [2.75, 3.05) is 11.6 Å². The highest BCUT2D eigenvalue weighted by Crippen LogP contribution is 2.37. The molecule has 1 N–H and O–H groups in total. The van der Waals surface area contributed by atoms with E-state index in [0.717, 1.165) is 17.6 Å². The van der Waals surface area contributed by atoms with Crippen LogP contribution in [0, 0.1) is 5.82 Å². The number of sulfone groups is 1. The normalized spacial score (nSPS) is 11.3. The number of hydrogen-bond acceptors (Lipinski definition) is 5. The SMILES string of the molecule is CS(=O)(=O)c1ccc(-c2sc(C(=O)Nc3ccc(Cl)cc3)nc2-c2ccc(F)cc2)cc1. The van der Waals surface area contributed by atoms with Gasteiger partial charge in [0, 0.05) is 22.5 Å². The number of benzene rings is 3. The first-order valence-electron chi connectivity index (χ1n) is 9.35. The van der Waals surface area contributed by atoms with Crippen molar-refractivity contribution in [3.8, 4) is 21.7 Å². The molecular formula is C23H16ClFN2O3S2. The Morgan fingerprint density at radius 1 is 0.938 bits per heavy atom. The molecule has 0 fully saturated rings. The lowest BCUT2D eigenvalue weighted by Gasteiger charge is -2.04. The first-order valence-corrected chi connectivity index (χ1v) is 12.4. The summed E-state index contributed by atoms with van der Waals surface area (Å²) in [5.74, 6) is -0.788. The molecule has 1 aromatic heterocycles. The summed E-state index contributed by atoms with van der Waals surface area (Å²) in [5, 5.41) is 3.54. The van der Waals surface area contributed by atoms with Crippen molar-refractivity contribution in [3.63, 3.8) is 0 Å². The van der Waals surface area contributed by atoms with Crippen molar-refractivity contribution in [1.29, 1.82) is 0 Å². The number of carbonyl (C=O) groups is 1. The molecule has 3 aromatic carbocycles. The van der Waals surface area contributed by atoms with Crippen molar-refractivity contribution in [3.05, 3.63) is 88.6 Å². The maximum absolute atomic E-state index is 13.4. The van der Waals surface area contributed by atoms with Gasteiger partial charge in [0.05, 0.1) is 15.5 Å². The molecule has 0 spiro atoms. The van der Waals surface area contributed by atoms with E-state index in [1.54, 1.807) is 48.5 Å². The quantitative estimate of drug-likeness (QED) is 0.379. The van der Waals surface area contributed by atoms with Crippen LogP contribution < -0.4 is 5.32 Å². The van der Waals surface area contributed by atoms with Crippen LogP contribution in [0.2, 0.25) is 5.02 Å². The topological polar surface area (TPSA) is 76.1 Å². The summed E-state index contributed by atoms with van der Waals surface area (Å²) in [7, 11) is -3.34. The number of nitrogens with zero attached hydrogens (tertiary/aromatic N) is 1. The molecule has 4 aromatic rings. The number of aromatic nitrogens is 1. The summed E-state index contributed by atoms with van der Waals surface area (Å²) in [6.45, 7) is 0. The van der Waals surface area contributed by atoms with E-state index in [4.69, 9.17) is 11.6 Å². The molecule has 0 saturated heterocycles. The van der Waals surface area contributed by atoms with Crippen molar-refractivity contribution in [2.24, 2.45) is 0 Å². The molecule has 32 heavy (non-hydrogen) atoms. The molecule has 0 bridgehead atoms. The van der Waals surface area contributed by atoms with E-state index < -0.39 is 15.7 Å². The summed E-state index contributed by atoms with van der Waals surface area (Å²) < 4.78 is 37.0. The van der Waals surface area contributed by atoms with E-state index in [1.807, 2.05) is 0 Å². The van der Waals surface area contributed by atoms with Crippen LogP contribution >= 0.6 is 22.9 Å². The van der Waals surface area contributed by atoms with Crippen molar-refractivity contribution < 1.29 is 17.6 Å². The summed E-state index contributed by atoms with van der Waals surface area (Å²) in [5.41, 5.74) is 2.40. The molecule has 0 radical (unpaired) electrons. The van der Waals surface area contributed by atoms with Crippen LogP contribution in [0.1, 0.15) is 9.80 Å². The molecule has 1 amide bonds. The van der Waals surface area contributed by atoms with Gasteiger partial charge in [-0.1, -0.05) is 23.7 Å². The molecule has 0 aliphatic heterocycles. The Labute approximate surface area is 193 Å². The van der Waals surface area contributed by atoms with Gasteiger partial charge in [0.2, 0.25) is 0 Å². The lowest BCUT2D eigenvalue weighted by atomic mass is 10.1. The third kappa shape index (κ3) is 4.88. The highest BCUT2D eigenvalue weighted by atomic mass is 35.5. The molecule has 4 rings (SSSR count).